The van der Waals surface area contributed by atoms with E-state index in [2.05, 4.69) is 9.88 Å². The Morgan fingerprint density at radius 2 is 1.67 bits per heavy atom. The van der Waals surface area contributed by atoms with Crippen molar-refractivity contribution in [3.05, 3.63) is 68.0 Å². The number of nitro groups is 2. The Kier molecular flexibility index (Phi) is 8.74. The van der Waals surface area contributed by atoms with E-state index in [0.717, 1.165) is 42.6 Å². The molecule has 0 saturated heterocycles. The van der Waals surface area contributed by atoms with Crippen molar-refractivity contribution in [2.45, 2.75) is 13.8 Å². The molecule has 13 heteroatoms. The van der Waals surface area contributed by atoms with Gasteiger partial charge in [0.1, 0.15) is 11.3 Å². The van der Waals surface area contributed by atoms with E-state index in [-0.39, 0.29) is 35.2 Å². The highest BCUT2D eigenvalue weighted by molar-refractivity contribution is 7.22. The number of likely N-dealkylation sites (N-methyl/N-ethyl adjacent to an activating group) is 1. The number of non-ortho nitro benzene ring substituents is 2. The molecule has 0 radical (unpaired) electrons. The standard InChI is InChI=1S/C20H20FN5O5S.ClH/c1-3-23(4-2)8-9-24(20-22-18-16(21)6-5-7-17(18)32-20)19(27)13-10-14(25(28)29)12-15(11-13)26(30)31;/h5-7,10-12H,3-4,8-9H2,1-2H3;1H. The molecule has 0 spiro atoms. The van der Waals surface area contributed by atoms with E-state index in [1.165, 1.54) is 17.0 Å². The van der Waals surface area contributed by atoms with Crippen molar-refractivity contribution >= 4 is 56.4 Å². The average Bonchev–Trinajstić information content (AvgIpc) is 3.21. The molecule has 1 aromatic heterocycles. The molecule has 1 amide bonds. The van der Waals surface area contributed by atoms with Gasteiger partial charge in [-0.2, -0.15) is 0 Å². The number of nitro benzene ring substituents is 2. The van der Waals surface area contributed by atoms with Crippen molar-refractivity contribution < 1.29 is 19.0 Å². The van der Waals surface area contributed by atoms with Crippen LogP contribution in [0.1, 0.15) is 24.2 Å². The number of carbonyl (C=O) groups is 1. The van der Waals surface area contributed by atoms with Crippen molar-refractivity contribution in [2.75, 3.05) is 31.1 Å². The number of rotatable bonds is 9. The Morgan fingerprint density at radius 1 is 1.06 bits per heavy atom. The molecule has 0 aliphatic carbocycles. The zero-order valence-electron chi connectivity index (χ0n) is 17.8. The van der Waals surface area contributed by atoms with Gasteiger partial charge in [0.25, 0.3) is 17.3 Å². The molecule has 0 aliphatic heterocycles. The van der Waals surface area contributed by atoms with Gasteiger partial charge in [-0.15, -0.1) is 12.4 Å². The van der Waals surface area contributed by atoms with Crippen molar-refractivity contribution in [1.82, 2.24) is 9.88 Å². The third-order valence-corrected chi connectivity index (χ3v) is 5.98. The lowest BCUT2D eigenvalue weighted by Crippen LogP contribution is -2.39. The van der Waals surface area contributed by atoms with Gasteiger partial charge in [-0.05, 0) is 25.2 Å². The van der Waals surface area contributed by atoms with Crippen molar-refractivity contribution in [3.63, 3.8) is 0 Å². The van der Waals surface area contributed by atoms with Crippen LogP contribution in [0.3, 0.4) is 0 Å². The summed E-state index contributed by atoms with van der Waals surface area (Å²) < 4.78 is 14.7. The Bertz CT molecular complexity index is 1150. The fraction of sp³-hybridized carbons (Fsp3) is 0.300. The Morgan fingerprint density at radius 3 is 2.18 bits per heavy atom. The average molecular weight is 498 g/mol. The van der Waals surface area contributed by atoms with Gasteiger partial charge in [-0.1, -0.05) is 31.3 Å². The number of aromatic nitrogens is 1. The first-order valence-corrected chi connectivity index (χ1v) is 10.6. The number of carbonyl (C=O) groups excluding carboxylic acids is 1. The van der Waals surface area contributed by atoms with Crippen LogP contribution in [-0.4, -0.2) is 51.8 Å². The first-order chi connectivity index (χ1) is 15.2. The Labute approximate surface area is 198 Å². The highest BCUT2D eigenvalue weighted by Crippen LogP contribution is 2.32. The lowest BCUT2D eigenvalue weighted by atomic mass is 10.1. The van der Waals surface area contributed by atoms with Gasteiger partial charge in [0.2, 0.25) is 0 Å². The van der Waals surface area contributed by atoms with E-state index in [0.29, 0.717) is 11.2 Å². The lowest BCUT2D eigenvalue weighted by molar-refractivity contribution is -0.394. The molecule has 176 valence electrons. The largest absolute Gasteiger partial charge is 0.302 e. The topological polar surface area (TPSA) is 123 Å². The summed E-state index contributed by atoms with van der Waals surface area (Å²) in [5.41, 5.74) is -1.24. The predicted octanol–water partition coefficient (Wildman–Crippen LogP) is 4.66. The smallest absolute Gasteiger partial charge is 0.277 e. The monoisotopic (exact) mass is 497 g/mol. The fourth-order valence-corrected chi connectivity index (χ4v) is 4.17. The summed E-state index contributed by atoms with van der Waals surface area (Å²) in [5.74, 6) is -1.23. The predicted molar refractivity (Wildman–Crippen MR) is 126 cm³/mol. The number of anilines is 1. The number of nitrogens with zero attached hydrogens (tertiary/aromatic N) is 5. The van der Waals surface area contributed by atoms with Gasteiger partial charge < -0.3 is 4.90 Å². The molecule has 0 fully saturated rings. The minimum Gasteiger partial charge on any atom is -0.302 e. The molecular weight excluding hydrogens is 477 g/mol. The molecular formula is C20H21ClFN5O5S. The Hall–Kier alpha value is -3.22. The summed E-state index contributed by atoms with van der Waals surface area (Å²) in [6, 6.07) is 7.25. The van der Waals surface area contributed by atoms with Crippen LogP contribution in [0, 0.1) is 26.0 Å². The van der Waals surface area contributed by atoms with Gasteiger partial charge in [-0.3, -0.25) is 29.9 Å². The third-order valence-electron chi connectivity index (χ3n) is 4.94. The number of hydrogen-bond donors (Lipinski definition) is 0. The number of halogens is 2. The summed E-state index contributed by atoms with van der Waals surface area (Å²) in [4.78, 5) is 41.9. The molecule has 0 atom stereocenters. The summed E-state index contributed by atoms with van der Waals surface area (Å²) in [5, 5.41) is 22.7. The normalized spacial score (nSPS) is 10.8. The van der Waals surface area contributed by atoms with Crippen LogP contribution in [0.4, 0.5) is 20.9 Å². The van der Waals surface area contributed by atoms with Gasteiger partial charge in [-0.25, -0.2) is 9.37 Å². The lowest BCUT2D eigenvalue weighted by Gasteiger charge is -2.24. The van der Waals surface area contributed by atoms with Crippen LogP contribution in [-0.2, 0) is 0 Å². The SMILES string of the molecule is CCN(CC)CCN(C(=O)c1cc([N+](=O)[O-])cc([N+](=O)[O-])c1)c1nc2c(F)cccc2s1.Cl. The molecule has 3 rings (SSSR count). The van der Waals surface area contributed by atoms with Gasteiger partial charge in [0.05, 0.1) is 26.2 Å². The number of benzene rings is 2. The van der Waals surface area contributed by atoms with Crippen LogP contribution in [0.5, 0.6) is 0 Å². The second kappa shape index (κ2) is 11.1. The molecule has 33 heavy (non-hydrogen) atoms. The zero-order valence-corrected chi connectivity index (χ0v) is 19.4. The molecule has 0 bridgehead atoms. The van der Waals surface area contributed by atoms with Crippen molar-refractivity contribution in [2.24, 2.45) is 0 Å². The van der Waals surface area contributed by atoms with Gasteiger partial charge in [0, 0.05) is 25.2 Å². The molecule has 0 unspecified atom stereocenters. The molecule has 1 heterocycles. The quantitative estimate of drug-likeness (QED) is 0.311. The second-order valence-electron chi connectivity index (χ2n) is 6.82. The number of fused-ring (bicyclic) bond motifs is 1. The maximum absolute atomic E-state index is 14.2. The molecule has 2 aromatic carbocycles. The van der Waals surface area contributed by atoms with Crippen LogP contribution >= 0.6 is 23.7 Å². The van der Waals surface area contributed by atoms with E-state index in [4.69, 9.17) is 0 Å². The Balaban J connectivity index is 0.00000385. The third kappa shape index (κ3) is 5.78. The number of thiazole rings is 1. The first kappa shape index (κ1) is 26.0. The minimum absolute atomic E-state index is 0. The summed E-state index contributed by atoms with van der Waals surface area (Å²) in [6.45, 7) is 6.02. The van der Waals surface area contributed by atoms with Gasteiger partial charge in [0.15, 0.2) is 5.13 Å². The number of amides is 1. The maximum atomic E-state index is 14.2. The summed E-state index contributed by atoms with van der Waals surface area (Å²) >= 11 is 1.10. The van der Waals surface area contributed by atoms with E-state index in [1.54, 1.807) is 6.07 Å². The number of hydrogen-bond acceptors (Lipinski definition) is 8. The maximum Gasteiger partial charge on any atom is 0.277 e. The van der Waals surface area contributed by atoms with Crippen LogP contribution in [0.25, 0.3) is 10.2 Å². The van der Waals surface area contributed by atoms with E-state index >= 15 is 0 Å². The molecule has 0 N–H and O–H groups in total. The molecule has 0 aliphatic rings. The van der Waals surface area contributed by atoms with Crippen LogP contribution in [0.2, 0.25) is 0 Å². The molecule has 3 aromatic rings. The minimum atomic E-state index is -0.795. The van der Waals surface area contributed by atoms with Gasteiger partial charge >= 0.3 is 0 Å². The van der Waals surface area contributed by atoms with E-state index < -0.39 is 32.9 Å². The van der Waals surface area contributed by atoms with E-state index in [9.17, 15) is 29.4 Å². The summed E-state index contributed by atoms with van der Waals surface area (Å²) in [7, 11) is 0. The highest BCUT2D eigenvalue weighted by atomic mass is 35.5. The van der Waals surface area contributed by atoms with E-state index in [1.807, 2.05) is 13.8 Å². The summed E-state index contributed by atoms with van der Waals surface area (Å²) in [6.07, 6.45) is 0. The van der Waals surface area contributed by atoms with Crippen molar-refractivity contribution in [1.29, 1.82) is 0 Å². The number of para-hydroxylation sites is 1. The first-order valence-electron chi connectivity index (χ1n) is 9.78. The molecule has 10 nitrogen and oxygen atoms in total. The zero-order chi connectivity index (χ0) is 23.4. The van der Waals surface area contributed by atoms with Crippen LogP contribution < -0.4 is 4.90 Å². The fourth-order valence-electron chi connectivity index (χ4n) is 3.17. The van der Waals surface area contributed by atoms with Crippen LogP contribution in [0.15, 0.2) is 36.4 Å². The highest BCUT2D eigenvalue weighted by Gasteiger charge is 2.26. The van der Waals surface area contributed by atoms with Crippen molar-refractivity contribution in [3.8, 4) is 0 Å². The molecule has 0 saturated carbocycles. The second-order valence-corrected chi connectivity index (χ2v) is 7.83.